The number of halogens is 4. The van der Waals surface area contributed by atoms with Crippen molar-refractivity contribution < 1.29 is 10.2 Å². The fourth-order valence-electron chi connectivity index (χ4n) is 4.59. The molecule has 0 unspecified atom stereocenters. The third-order valence-electron chi connectivity index (χ3n) is 6.54. The molecule has 0 fully saturated rings. The van der Waals surface area contributed by atoms with E-state index >= 15 is 0 Å². The van der Waals surface area contributed by atoms with E-state index in [1.165, 1.54) is 12.1 Å². The second-order valence-electron chi connectivity index (χ2n) is 10.4. The highest BCUT2D eigenvalue weighted by Crippen LogP contribution is 2.36. The summed E-state index contributed by atoms with van der Waals surface area (Å²) in [5, 5.41) is 27.4. The molecule has 0 saturated heterocycles. The average Bonchev–Trinajstić information content (AvgIpc) is 2.93. The van der Waals surface area contributed by atoms with Gasteiger partial charge in [-0.15, -0.1) is 0 Å². The average molecular weight is 674 g/mol. The molecule has 234 valence electrons. The lowest BCUT2D eigenvalue weighted by atomic mass is 10.2. The Hall–Kier alpha value is -2.60. The van der Waals surface area contributed by atoms with Gasteiger partial charge in [0.05, 0.1) is 44.0 Å². The summed E-state index contributed by atoms with van der Waals surface area (Å²) >= 11 is 24.1. The number of aromatic hydroxyl groups is 2. The quantitative estimate of drug-likeness (QED) is 0.146. The van der Waals surface area contributed by atoms with E-state index in [2.05, 4.69) is 27.5 Å². The SMILES string of the molecule is CCCNCc1nc2c(O)c(Cl)cc(Cl)c2c(=O)n1C(C)C.CCNCc1nc2c(O)c(Cl)cc(Cl)c2c(=O)n1C(C)C. The number of benzene rings is 2. The molecular weight excluding hydrogens is 638 g/mol. The monoisotopic (exact) mass is 672 g/mol. The number of rotatable bonds is 9. The summed E-state index contributed by atoms with van der Waals surface area (Å²) in [6.45, 7) is 14.0. The van der Waals surface area contributed by atoms with Crippen LogP contribution >= 0.6 is 46.4 Å². The number of phenolic OH excluding ortho intramolecular Hbond substituents is 2. The topological polar surface area (TPSA) is 134 Å². The Bertz CT molecular complexity index is 1750. The second-order valence-corrected chi connectivity index (χ2v) is 12.0. The van der Waals surface area contributed by atoms with Crippen molar-refractivity contribution in [3.8, 4) is 11.5 Å². The predicted octanol–water partition coefficient (Wildman–Crippen LogP) is 6.59. The minimum absolute atomic E-state index is 0.0723. The molecule has 0 saturated carbocycles. The second kappa shape index (κ2) is 14.9. The van der Waals surface area contributed by atoms with Gasteiger partial charge in [-0.1, -0.05) is 60.3 Å². The zero-order valence-electron chi connectivity index (χ0n) is 24.9. The van der Waals surface area contributed by atoms with Crippen molar-refractivity contribution in [1.82, 2.24) is 29.7 Å². The first-order valence-electron chi connectivity index (χ1n) is 13.9. The maximum absolute atomic E-state index is 12.8. The van der Waals surface area contributed by atoms with E-state index in [9.17, 15) is 19.8 Å². The zero-order valence-corrected chi connectivity index (χ0v) is 27.9. The van der Waals surface area contributed by atoms with Crippen molar-refractivity contribution in [3.63, 3.8) is 0 Å². The van der Waals surface area contributed by atoms with Crippen molar-refractivity contribution in [2.45, 2.75) is 73.1 Å². The molecule has 0 aliphatic carbocycles. The van der Waals surface area contributed by atoms with Crippen LogP contribution in [0.4, 0.5) is 0 Å². The number of hydrogen-bond acceptors (Lipinski definition) is 8. The van der Waals surface area contributed by atoms with E-state index in [4.69, 9.17) is 46.4 Å². The molecular formula is C29H36Cl4N6O4. The molecule has 43 heavy (non-hydrogen) atoms. The van der Waals surface area contributed by atoms with Crippen LogP contribution in [0, 0.1) is 0 Å². The van der Waals surface area contributed by atoms with Crippen LogP contribution in [0.5, 0.6) is 11.5 Å². The fourth-order valence-corrected chi connectivity index (χ4v) is 5.65. The molecule has 0 spiro atoms. The molecule has 2 aromatic heterocycles. The molecule has 0 aliphatic rings. The molecule has 0 bridgehead atoms. The molecule has 0 amide bonds. The first-order chi connectivity index (χ1) is 20.3. The molecule has 0 radical (unpaired) electrons. The highest BCUT2D eigenvalue weighted by molar-refractivity contribution is 6.40. The Labute approximate surface area is 269 Å². The minimum Gasteiger partial charge on any atom is -0.504 e. The van der Waals surface area contributed by atoms with Crippen LogP contribution in [0.3, 0.4) is 0 Å². The maximum Gasteiger partial charge on any atom is 0.263 e. The molecule has 2 heterocycles. The Balaban J connectivity index is 0.000000236. The fraction of sp³-hybridized carbons (Fsp3) is 0.448. The van der Waals surface area contributed by atoms with E-state index in [0.29, 0.717) is 24.7 Å². The number of aromatic nitrogens is 4. The molecule has 14 heteroatoms. The largest absolute Gasteiger partial charge is 0.504 e. The van der Waals surface area contributed by atoms with E-state index in [1.807, 2.05) is 34.6 Å². The highest BCUT2D eigenvalue weighted by Gasteiger charge is 2.21. The van der Waals surface area contributed by atoms with Crippen LogP contribution in [-0.4, -0.2) is 42.4 Å². The lowest BCUT2D eigenvalue weighted by Crippen LogP contribution is -2.30. The Morgan fingerprint density at radius 1 is 0.721 bits per heavy atom. The van der Waals surface area contributed by atoms with Gasteiger partial charge in [0, 0.05) is 12.1 Å². The van der Waals surface area contributed by atoms with Crippen molar-refractivity contribution in [1.29, 1.82) is 0 Å². The zero-order chi connectivity index (χ0) is 32.2. The molecule has 0 atom stereocenters. The molecule has 4 N–H and O–H groups in total. The summed E-state index contributed by atoms with van der Waals surface area (Å²) in [4.78, 5) is 34.3. The van der Waals surface area contributed by atoms with E-state index in [1.54, 1.807) is 9.13 Å². The molecule has 2 aromatic carbocycles. The van der Waals surface area contributed by atoms with Crippen molar-refractivity contribution >= 4 is 68.2 Å². The smallest absolute Gasteiger partial charge is 0.263 e. The summed E-state index contributed by atoms with van der Waals surface area (Å²) in [7, 11) is 0. The molecule has 0 aliphatic heterocycles. The highest BCUT2D eigenvalue weighted by atomic mass is 35.5. The van der Waals surface area contributed by atoms with Gasteiger partial charge in [-0.05, 0) is 59.3 Å². The van der Waals surface area contributed by atoms with Gasteiger partial charge in [0.15, 0.2) is 11.5 Å². The van der Waals surface area contributed by atoms with Gasteiger partial charge in [0.25, 0.3) is 11.1 Å². The van der Waals surface area contributed by atoms with Gasteiger partial charge in [-0.3, -0.25) is 18.7 Å². The van der Waals surface area contributed by atoms with Crippen molar-refractivity contribution in [2.75, 3.05) is 13.1 Å². The molecule has 10 nitrogen and oxygen atoms in total. The summed E-state index contributed by atoms with van der Waals surface area (Å²) in [5.41, 5.74) is -0.264. The van der Waals surface area contributed by atoms with Gasteiger partial charge in [0.1, 0.15) is 22.7 Å². The number of phenols is 2. The first kappa shape index (κ1) is 34.9. The van der Waals surface area contributed by atoms with Gasteiger partial charge in [0.2, 0.25) is 0 Å². The summed E-state index contributed by atoms with van der Waals surface area (Å²) in [5.74, 6) is 0.653. The standard InChI is InChI=1S/C15H19Cl2N3O2.C14H17Cl2N3O2/c1-4-5-18-7-11-19-13-12(15(22)20(11)8(2)3)9(16)6-10(17)14(13)21;1-4-17-6-10-18-12-11(14(21)19(10)7(2)3)8(15)5-9(16)13(12)20/h6,8,18,21H,4-5,7H2,1-3H3;5,7,17,20H,4,6H2,1-3H3. The molecule has 4 rings (SSSR count). The number of fused-ring (bicyclic) bond motifs is 2. The van der Waals surface area contributed by atoms with Crippen LogP contribution in [0.1, 0.15) is 71.7 Å². The lowest BCUT2D eigenvalue weighted by Gasteiger charge is -2.18. The van der Waals surface area contributed by atoms with Gasteiger partial charge < -0.3 is 20.8 Å². The summed E-state index contributed by atoms with van der Waals surface area (Å²) < 4.78 is 3.16. The van der Waals surface area contributed by atoms with Gasteiger partial charge in [-0.2, -0.15) is 0 Å². The number of nitrogens with one attached hydrogen (secondary N) is 2. The normalized spacial score (nSPS) is 11.5. The van der Waals surface area contributed by atoms with Crippen LogP contribution < -0.4 is 21.8 Å². The predicted molar refractivity (Wildman–Crippen MR) is 176 cm³/mol. The van der Waals surface area contributed by atoms with Gasteiger partial charge >= 0.3 is 0 Å². The van der Waals surface area contributed by atoms with Crippen LogP contribution in [0.25, 0.3) is 21.8 Å². The van der Waals surface area contributed by atoms with Crippen LogP contribution in [0.2, 0.25) is 20.1 Å². The van der Waals surface area contributed by atoms with E-state index in [0.717, 1.165) is 19.5 Å². The van der Waals surface area contributed by atoms with E-state index < -0.39 is 0 Å². The van der Waals surface area contributed by atoms with Gasteiger partial charge in [-0.25, -0.2) is 9.97 Å². The minimum atomic E-state index is -0.278. The third-order valence-corrected chi connectivity index (χ3v) is 7.71. The van der Waals surface area contributed by atoms with Crippen LogP contribution in [0.15, 0.2) is 21.7 Å². The number of nitrogens with zero attached hydrogens (tertiary/aromatic N) is 4. The third kappa shape index (κ3) is 7.38. The molecule has 4 aromatic rings. The lowest BCUT2D eigenvalue weighted by molar-refractivity contribution is 0.477. The van der Waals surface area contributed by atoms with E-state index in [-0.39, 0.29) is 76.6 Å². The van der Waals surface area contributed by atoms with Crippen LogP contribution in [-0.2, 0) is 13.1 Å². The Morgan fingerprint density at radius 2 is 1.12 bits per heavy atom. The van der Waals surface area contributed by atoms with Crippen molar-refractivity contribution in [3.05, 3.63) is 64.6 Å². The summed E-state index contributed by atoms with van der Waals surface area (Å²) in [6, 6.07) is 2.58. The number of hydrogen-bond donors (Lipinski definition) is 4. The van der Waals surface area contributed by atoms with Crippen molar-refractivity contribution in [2.24, 2.45) is 0 Å². The first-order valence-corrected chi connectivity index (χ1v) is 15.4. The Kier molecular flexibility index (Phi) is 12.1. The maximum atomic E-state index is 12.8. The summed E-state index contributed by atoms with van der Waals surface area (Å²) in [6.07, 6.45) is 0.975. The Morgan fingerprint density at radius 3 is 1.47 bits per heavy atom.